The molecule has 0 radical (unpaired) electrons. The van der Waals surface area contributed by atoms with Crippen molar-refractivity contribution in [3.8, 4) is 0 Å². The van der Waals surface area contributed by atoms with Gasteiger partial charge in [-0.25, -0.2) is 9.97 Å². The van der Waals surface area contributed by atoms with Gasteiger partial charge in [-0.05, 0) is 35.0 Å². The summed E-state index contributed by atoms with van der Waals surface area (Å²) in [7, 11) is 2.08. The zero-order valence-corrected chi connectivity index (χ0v) is 12.0. The smallest absolute Gasteiger partial charge is 0.135 e. The van der Waals surface area contributed by atoms with Gasteiger partial charge >= 0.3 is 0 Å². The molecule has 0 aromatic carbocycles. The van der Waals surface area contributed by atoms with Crippen molar-refractivity contribution in [1.29, 1.82) is 0 Å². The highest BCUT2D eigenvalue weighted by molar-refractivity contribution is 9.10. The van der Waals surface area contributed by atoms with Gasteiger partial charge in [0.25, 0.3) is 0 Å². The quantitative estimate of drug-likeness (QED) is 0.782. The molecule has 3 nitrogen and oxygen atoms in total. The Morgan fingerprint density at radius 2 is 2.25 bits per heavy atom. The van der Waals surface area contributed by atoms with Crippen LogP contribution in [0.5, 0.6) is 0 Å². The molecule has 0 N–H and O–H groups in total. The van der Waals surface area contributed by atoms with E-state index in [0.717, 1.165) is 28.5 Å². The van der Waals surface area contributed by atoms with E-state index in [1.54, 1.807) is 0 Å². The lowest BCUT2D eigenvalue weighted by Gasteiger charge is -2.18. The second kappa shape index (κ2) is 5.36. The summed E-state index contributed by atoms with van der Waals surface area (Å²) in [5, 5.41) is 0. The molecule has 1 saturated carbocycles. The summed E-state index contributed by atoms with van der Waals surface area (Å²) in [6, 6.07) is 1.99. The average molecular weight is 302 g/mol. The minimum atomic E-state index is 0.602. The number of hydrogen-bond acceptors (Lipinski definition) is 4. The molecule has 1 aromatic rings. The molecule has 2 rings (SSSR count). The maximum absolute atomic E-state index is 4.62. The van der Waals surface area contributed by atoms with Crippen LogP contribution in [0.4, 0.5) is 5.82 Å². The molecule has 0 spiro atoms. The predicted molar refractivity (Wildman–Crippen MR) is 73.4 cm³/mol. The van der Waals surface area contributed by atoms with Crippen LogP contribution in [0.15, 0.2) is 10.7 Å². The van der Waals surface area contributed by atoms with Gasteiger partial charge in [-0.3, -0.25) is 0 Å². The second-order valence-electron chi connectivity index (χ2n) is 4.10. The van der Waals surface area contributed by atoms with E-state index in [-0.39, 0.29) is 0 Å². The molecule has 16 heavy (non-hydrogen) atoms. The molecule has 1 heterocycles. The number of hydrogen-bond donors (Lipinski definition) is 0. The second-order valence-corrected chi connectivity index (χ2v) is 5.89. The van der Waals surface area contributed by atoms with Crippen LogP contribution < -0.4 is 4.90 Å². The van der Waals surface area contributed by atoms with E-state index in [1.165, 1.54) is 12.8 Å². The number of nitrogens with zero attached hydrogens (tertiary/aromatic N) is 3. The number of anilines is 1. The summed E-state index contributed by atoms with van der Waals surface area (Å²) in [6.45, 7) is 1.02. The van der Waals surface area contributed by atoms with E-state index in [1.807, 2.05) is 17.8 Å². The first kappa shape index (κ1) is 12.2. The third kappa shape index (κ3) is 3.10. The number of halogens is 1. The third-order valence-corrected chi connectivity index (χ3v) is 3.66. The first-order chi connectivity index (χ1) is 7.70. The Morgan fingerprint density at radius 3 is 2.88 bits per heavy atom. The van der Waals surface area contributed by atoms with Crippen molar-refractivity contribution < 1.29 is 0 Å². The van der Waals surface area contributed by atoms with Gasteiger partial charge in [0.2, 0.25) is 0 Å². The fraction of sp³-hybridized carbons (Fsp3) is 0.636. The summed E-state index contributed by atoms with van der Waals surface area (Å²) in [6.07, 6.45) is 4.61. The van der Waals surface area contributed by atoms with Crippen LogP contribution >= 0.6 is 27.7 Å². The van der Waals surface area contributed by atoms with Gasteiger partial charge < -0.3 is 4.90 Å². The molecule has 5 heteroatoms. The molecule has 1 fully saturated rings. The van der Waals surface area contributed by atoms with Crippen molar-refractivity contribution in [2.75, 3.05) is 30.5 Å². The molecule has 0 bridgehead atoms. The first-order valence-corrected chi connectivity index (χ1v) is 7.64. The number of aromatic nitrogens is 2. The number of thioether (sulfide) groups is 1. The van der Waals surface area contributed by atoms with Crippen molar-refractivity contribution >= 4 is 33.5 Å². The van der Waals surface area contributed by atoms with Crippen molar-refractivity contribution in [3.63, 3.8) is 0 Å². The Morgan fingerprint density at radius 1 is 1.50 bits per heavy atom. The molecule has 0 aliphatic heterocycles. The Balaban J connectivity index is 2.12. The van der Waals surface area contributed by atoms with Crippen LogP contribution in [0.25, 0.3) is 0 Å². The summed E-state index contributed by atoms with van der Waals surface area (Å²) in [5.74, 6) is 3.75. The van der Waals surface area contributed by atoms with E-state index in [2.05, 4.69) is 44.1 Å². The van der Waals surface area contributed by atoms with Crippen LogP contribution in [0.2, 0.25) is 0 Å². The maximum Gasteiger partial charge on any atom is 0.135 e. The van der Waals surface area contributed by atoms with Gasteiger partial charge in [-0.15, -0.1) is 0 Å². The van der Waals surface area contributed by atoms with Crippen LogP contribution in [-0.4, -0.2) is 35.6 Å². The third-order valence-electron chi connectivity index (χ3n) is 2.66. The lowest BCUT2D eigenvalue weighted by molar-refractivity contribution is 0.870. The summed E-state index contributed by atoms with van der Waals surface area (Å²) >= 11 is 5.32. The topological polar surface area (TPSA) is 29.0 Å². The fourth-order valence-electron chi connectivity index (χ4n) is 1.49. The standard InChI is InChI=1S/C11H16BrN3S/c1-15(5-6-16-2)10-7-9(12)13-11(14-10)8-3-4-8/h7-8H,3-6H2,1-2H3. The van der Waals surface area contributed by atoms with Crippen molar-refractivity contribution in [2.45, 2.75) is 18.8 Å². The molecule has 88 valence electrons. The van der Waals surface area contributed by atoms with E-state index >= 15 is 0 Å². The van der Waals surface area contributed by atoms with Gasteiger partial charge in [0.1, 0.15) is 16.2 Å². The Bertz CT molecular complexity index is 368. The minimum absolute atomic E-state index is 0.602. The average Bonchev–Trinajstić information content (AvgIpc) is 3.08. The van der Waals surface area contributed by atoms with Gasteiger partial charge in [0, 0.05) is 31.3 Å². The lowest BCUT2D eigenvalue weighted by atomic mass is 10.4. The van der Waals surface area contributed by atoms with Crippen molar-refractivity contribution in [1.82, 2.24) is 9.97 Å². The summed E-state index contributed by atoms with van der Waals surface area (Å²) < 4.78 is 0.899. The Kier molecular flexibility index (Phi) is 4.08. The SMILES string of the molecule is CSCCN(C)c1cc(Br)nc(C2CC2)n1. The highest BCUT2D eigenvalue weighted by Gasteiger charge is 2.27. The molecular weight excluding hydrogens is 286 g/mol. The number of rotatable bonds is 5. The van der Waals surface area contributed by atoms with E-state index in [9.17, 15) is 0 Å². The highest BCUT2D eigenvalue weighted by atomic mass is 79.9. The maximum atomic E-state index is 4.62. The molecular formula is C11H16BrN3S. The van der Waals surface area contributed by atoms with Crippen LogP contribution in [0.3, 0.4) is 0 Å². The van der Waals surface area contributed by atoms with Gasteiger partial charge in [-0.2, -0.15) is 11.8 Å². The molecule has 0 saturated heterocycles. The Labute approximate surface area is 109 Å². The van der Waals surface area contributed by atoms with Gasteiger partial charge in [0.15, 0.2) is 0 Å². The summed E-state index contributed by atoms with van der Waals surface area (Å²) in [5.41, 5.74) is 0. The lowest BCUT2D eigenvalue weighted by Crippen LogP contribution is -2.22. The Hall–Kier alpha value is -0.290. The summed E-state index contributed by atoms with van der Waals surface area (Å²) in [4.78, 5) is 11.2. The molecule has 0 unspecified atom stereocenters. The van der Waals surface area contributed by atoms with Crippen LogP contribution in [0.1, 0.15) is 24.6 Å². The fourth-order valence-corrected chi connectivity index (χ4v) is 2.33. The predicted octanol–water partition coefficient (Wildman–Crippen LogP) is 2.92. The van der Waals surface area contributed by atoms with Crippen molar-refractivity contribution in [3.05, 3.63) is 16.5 Å². The molecule has 1 aliphatic carbocycles. The van der Waals surface area contributed by atoms with Gasteiger partial charge in [0.05, 0.1) is 0 Å². The minimum Gasteiger partial charge on any atom is -0.359 e. The van der Waals surface area contributed by atoms with Crippen LogP contribution in [0, 0.1) is 0 Å². The van der Waals surface area contributed by atoms with Gasteiger partial charge in [-0.1, -0.05) is 0 Å². The highest BCUT2D eigenvalue weighted by Crippen LogP contribution is 2.39. The molecule has 0 amide bonds. The normalized spacial score (nSPS) is 15.2. The van der Waals surface area contributed by atoms with Crippen LogP contribution in [-0.2, 0) is 0 Å². The zero-order valence-electron chi connectivity index (χ0n) is 9.61. The largest absolute Gasteiger partial charge is 0.359 e. The monoisotopic (exact) mass is 301 g/mol. The van der Waals surface area contributed by atoms with E-state index in [4.69, 9.17) is 0 Å². The van der Waals surface area contributed by atoms with E-state index in [0.29, 0.717) is 5.92 Å². The van der Waals surface area contributed by atoms with E-state index < -0.39 is 0 Å². The molecule has 1 aliphatic rings. The first-order valence-electron chi connectivity index (χ1n) is 5.45. The molecule has 0 atom stereocenters. The van der Waals surface area contributed by atoms with Crippen molar-refractivity contribution in [2.24, 2.45) is 0 Å². The molecule has 1 aromatic heterocycles. The zero-order chi connectivity index (χ0) is 11.5.